The molecule has 4 amide bonds. The number of unbranched alkanes of at least 4 members (excludes halogenated alkanes) is 2. The average molecular weight is 820 g/mol. The van der Waals surface area contributed by atoms with Gasteiger partial charge in [-0.1, -0.05) is 65.0 Å². The van der Waals surface area contributed by atoms with E-state index in [9.17, 15) is 37.5 Å². The van der Waals surface area contributed by atoms with Crippen LogP contribution in [0.25, 0.3) is 0 Å². The Morgan fingerprint density at radius 1 is 0.927 bits per heavy atom. The number of amides is 4. The number of aromatic nitrogens is 1. The number of likely N-dealkylation sites (tertiary alicyclic amines) is 1. The molecule has 2 saturated heterocycles. The Bertz CT molecular complexity index is 2150. The molecule has 0 bridgehead atoms. The lowest BCUT2D eigenvalue weighted by molar-refractivity contribution is -0.141. The van der Waals surface area contributed by atoms with Gasteiger partial charge in [0.1, 0.15) is 5.75 Å². The van der Waals surface area contributed by atoms with Gasteiger partial charge < -0.3 is 10.2 Å². The Morgan fingerprint density at radius 2 is 1.64 bits per heavy atom. The molecule has 2 aliphatic heterocycles. The quantitative estimate of drug-likeness (QED) is 0.108. The Kier molecular flexibility index (Phi) is 10.1. The summed E-state index contributed by atoms with van der Waals surface area (Å²) >= 11 is 19.0. The molecule has 3 N–H and O–H groups in total. The van der Waals surface area contributed by atoms with Crippen molar-refractivity contribution in [3.05, 3.63) is 98.1 Å². The fourth-order valence-corrected chi connectivity index (χ4v) is 9.41. The molecule has 1 aromatic heterocycles. The molecule has 17 heteroatoms. The van der Waals surface area contributed by atoms with E-state index in [1.54, 1.807) is 18.2 Å². The van der Waals surface area contributed by atoms with E-state index in [4.69, 9.17) is 39.9 Å². The number of fused-ring (bicyclic) bond motifs is 4. The van der Waals surface area contributed by atoms with E-state index in [0.717, 1.165) is 0 Å². The molecule has 6 unspecified atom stereocenters. The van der Waals surface area contributed by atoms with Crippen LogP contribution in [0.5, 0.6) is 5.75 Å². The van der Waals surface area contributed by atoms with Crippen molar-refractivity contribution in [3.8, 4) is 5.75 Å². The van der Waals surface area contributed by atoms with Crippen LogP contribution in [0.2, 0.25) is 15.1 Å². The summed E-state index contributed by atoms with van der Waals surface area (Å²) in [6.07, 6.45) is -1.26. The molecule has 7 rings (SSSR count). The summed E-state index contributed by atoms with van der Waals surface area (Å²) in [7, 11) is 0. The number of phenolic OH excluding ortho intramolecular Hbond substituents is 1. The third-order valence-electron chi connectivity index (χ3n) is 11.2. The van der Waals surface area contributed by atoms with Gasteiger partial charge in [0.25, 0.3) is 11.8 Å². The molecule has 4 aliphatic rings. The number of carboxylic acids is 1. The van der Waals surface area contributed by atoms with E-state index in [0.29, 0.717) is 52.7 Å². The number of hydrogen-bond acceptors (Lipinski definition) is 8. The number of carbonyl (C=O) groups is 5. The molecule has 2 aliphatic carbocycles. The minimum Gasteiger partial charge on any atom is -0.508 e. The number of hydrogen-bond donors (Lipinski definition) is 3. The van der Waals surface area contributed by atoms with Gasteiger partial charge in [0.2, 0.25) is 11.8 Å². The van der Waals surface area contributed by atoms with Crippen LogP contribution in [0.15, 0.2) is 66.4 Å². The first-order valence-corrected chi connectivity index (χ1v) is 18.6. The molecule has 11 nitrogen and oxygen atoms in total. The maximum absolute atomic E-state index is 15.2. The SMILES string of the molecule is O=C(O)CCCCCN1C(=O)C2CC=C3C(CC4C(=O)N(Nc5ncc(C(F)(F)F)cc5Cl)C(=O)C4(c4ccc(Cl)cc4)C3c3cc(Cl)ccc3O)C2C1=O. The predicted molar refractivity (Wildman–Crippen MR) is 193 cm³/mol. The van der Waals surface area contributed by atoms with E-state index >= 15 is 4.79 Å². The van der Waals surface area contributed by atoms with Crippen LogP contribution in [0, 0.1) is 23.7 Å². The van der Waals surface area contributed by atoms with Crippen molar-refractivity contribution >= 4 is 70.2 Å². The second-order valence-corrected chi connectivity index (χ2v) is 15.4. The average Bonchev–Trinajstić information content (AvgIpc) is 3.50. The van der Waals surface area contributed by atoms with Crippen LogP contribution in [0.3, 0.4) is 0 Å². The largest absolute Gasteiger partial charge is 0.508 e. The summed E-state index contributed by atoms with van der Waals surface area (Å²) in [5.41, 5.74) is 0.581. The van der Waals surface area contributed by atoms with Crippen LogP contribution < -0.4 is 5.43 Å². The van der Waals surface area contributed by atoms with E-state index < -0.39 is 81.3 Å². The van der Waals surface area contributed by atoms with Crippen LogP contribution in [-0.2, 0) is 35.6 Å². The number of aromatic hydroxyl groups is 1. The number of nitrogens with zero attached hydrogens (tertiary/aromatic N) is 3. The molecule has 6 atom stereocenters. The first kappa shape index (κ1) is 38.6. The first-order valence-electron chi connectivity index (χ1n) is 17.4. The Balaban J connectivity index is 1.35. The van der Waals surface area contributed by atoms with Crippen molar-refractivity contribution in [3.63, 3.8) is 0 Å². The van der Waals surface area contributed by atoms with Gasteiger partial charge in [-0.05, 0) is 73.6 Å². The van der Waals surface area contributed by atoms with Gasteiger partial charge in [0.05, 0.1) is 33.8 Å². The lowest BCUT2D eigenvalue weighted by Gasteiger charge is -2.50. The zero-order valence-electron chi connectivity index (χ0n) is 28.7. The van der Waals surface area contributed by atoms with Crippen molar-refractivity contribution in [2.24, 2.45) is 23.7 Å². The summed E-state index contributed by atoms with van der Waals surface area (Å²) in [5.74, 6) is -8.99. The third-order valence-corrected chi connectivity index (χ3v) is 12.0. The van der Waals surface area contributed by atoms with Gasteiger partial charge in [-0.3, -0.25) is 34.3 Å². The molecule has 3 heterocycles. The normalized spacial score (nSPS) is 26.1. The zero-order valence-corrected chi connectivity index (χ0v) is 30.9. The van der Waals surface area contributed by atoms with Crippen molar-refractivity contribution < 1.29 is 47.4 Å². The number of halogens is 6. The number of rotatable bonds is 10. The molecular formula is C38H32Cl3F3N4O7. The monoisotopic (exact) mass is 818 g/mol. The fraction of sp³-hybridized carbons (Fsp3) is 0.368. The number of anilines is 1. The lowest BCUT2D eigenvalue weighted by atomic mass is 9.49. The smallest absolute Gasteiger partial charge is 0.417 e. The van der Waals surface area contributed by atoms with E-state index in [2.05, 4.69) is 10.4 Å². The number of allylic oxidation sites excluding steroid dienone is 2. The Morgan fingerprint density at radius 3 is 2.31 bits per heavy atom. The van der Waals surface area contributed by atoms with Crippen molar-refractivity contribution in [2.45, 2.75) is 56.0 Å². The number of alkyl halides is 3. The molecule has 3 fully saturated rings. The summed E-state index contributed by atoms with van der Waals surface area (Å²) in [6.45, 7) is 0.0823. The topological polar surface area (TPSA) is 157 Å². The summed E-state index contributed by atoms with van der Waals surface area (Å²) in [6, 6.07) is 11.1. The Hall–Kier alpha value is -4.66. The van der Waals surface area contributed by atoms with Gasteiger partial charge in [-0.2, -0.15) is 18.2 Å². The summed E-state index contributed by atoms with van der Waals surface area (Å²) < 4.78 is 40.3. The number of benzene rings is 2. The fourth-order valence-electron chi connectivity index (χ4n) is 8.89. The number of nitrogens with one attached hydrogen (secondary N) is 1. The van der Waals surface area contributed by atoms with Crippen LogP contribution >= 0.6 is 34.8 Å². The number of pyridine rings is 1. The first-order chi connectivity index (χ1) is 26.0. The molecule has 0 radical (unpaired) electrons. The van der Waals surface area contributed by atoms with Gasteiger partial charge in [-0.25, -0.2) is 4.98 Å². The molecule has 3 aromatic rings. The maximum Gasteiger partial charge on any atom is 0.417 e. The molecular weight excluding hydrogens is 788 g/mol. The minimum absolute atomic E-state index is 0.0449. The van der Waals surface area contributed by atoms with E-state index in [-0.39, 0.29) is 48.0 Å². The lowest BCUT2D eigenvalue weighted by Crippen LogP contribution is -2.53. The third kappa shape index (κ3) is 6.51. The van der Waals surface area contributed by atoms with Crippen LogP contribution in [0.4, 0.5) is 19.0 Å². The molecule has 55 heavy (non-hydrogen) atoms. The highest BCUT2D eigenvalue weighted by Crippen LogP contribution is 2.65. The summed E-state index contributed by atoms with van der Waals surface area (Å²) in [5, 5.41) is 21.1. The van der Waals surface area contributed by atoms with E-state index in [1.807, 2.05) is 0 Å². The highest BCUT2D eigenvalue weighted by Gasteiger charge is 2.70. The van der Waals surface area contributed by atoms with Gasteiger partial charge in [0, 0.05) is 40.7 Å². The van der Waals surface area contributed by atoms with Crippen LogP contribution in [-0.4, -0.2) is 61.2 Å². The molecule has 1 saturated carbocycles. The Labute approximate surface area is 327 Å². The second kappa shape index (κ2) is 14.4. The standard InChI is InChI=1S/C38H32Cl3F3N4O7/c39-20-7-5-18(6-8-20)37-26(34(53)48(36(37)55)46-32-27(41)14-19(17-45-32)38(42,43)44)16-24-22(31(37)25-15-21(40)9-12-28(25)49)10-11-23-30(24)35(54)47(33(23)52)13-3-1-2-4-29(50)51/h5-10,12,14-15,17,23-24,26,30-31,49H,1-4,11,13,16H2,(H,45,46)(H,50,51). The molecule has 0 spiro atoms. The van der Waals surface area contributed by atoms with Crippen molar-refractivity contribution in [2.75, 3.05) is 12.0 Å². The molecule has 2 aromatic carbocycles. The second-order valence-electron chi connectivity index (χ2n) is 14.2. The molecule has 288 valence electrons. The van der Waals surface area contributed by atoms with Gasteiger partial charge in [0.15, 0.2) is 5.82 Å². The summed E-state index contributed by atoms with van der Waals surface area (Å²) in [4.78, 5) is 73.9. The number of hydrazine groups is 1. The minimum atomic E-state index is -4.77. The van der Waals surface area contributed by atoms with Crippen LogP contribution in [0.1, 0.15) is 61.1 Å². The highest BCUT2D eigenvalue weighted by molar-refractivity contribution is 6.33. The number of carboxylic acid groups (broad SMARTS) is 1. The highest BCUT2D eigenvalue weighted by atomic mass is 35.5. The van der Waals surface area contributed by atoms with Crippen molar-refractivity contribution in [1.82, 2.24) is 14.9 Å². The zero-order chi connectivity index (χ0) is 39.6. The number of imide groups is 2. The van der Waals surface area contributed by atoms with Gasteiger partial charge in [-0.15, -0.1) is 0 Å². The number of carbonyl (C=O) groups excluding carboxylic acids is 4. The van der Waals surface area contributed by atoms with Crippen molar-refractivity contribution in [1.29, 1.82) is 0 Å². The number of aliphatic carboxylic acids is 1. The van der Waals surface area contributed by atoms with Gasteiger partial charge >= 0.3 is 12.1 Å². The maximum atomic E-state index is 15.2. The van der Waals surface area contributed by atoms with E-state index in [1.165, 1.54) is 35.2 Å². The predicted octanol–water partition coefficient (Wildman–Crippen LogP) is 7.40. The number of phenols is 1.